The second-order valence-corrected chi connectivity index (χ2v) is 5.87. The highest BCUT2D eigenvalue weighted by atomic mass is 35.5. The van der Waals surface area contributed by atoms with Crippen molar-refractivity contribution in [2.45, 2.75) is 0 Å². The van der Waals surface area contributed by atoms with Crippen LogP contribution in [-0.4, -0.2) is 41.4 Å². The highest BCUT2D eigenvalue weighted by Gasteiger charge is 2.19. The summed E-state index contributed by atoms with van der Waals surface area (Å²) < 4.78 is 0. The molecule has 1 aliphatic rings. The molecule has 0 saturated carbocycles. The number of pyridine rings is 1. The fourth-order valence-electron chi connectivity index (χ4n) is 3.02. The van der Waals surface area contributed by atoms with Crippen LogP contribution in [0.4, 0.5) is 11.4 Å². The molecule has 3 aromatic rings. The number of hydrogen-bond acceptors (Lipinski definition) is 4. The molecule has 1 N–H and O–H groups in total. The minimum atomic E-state index is 0.739. The summed E-state index contributed by atoms with van der Waals surface area (Å²) in [6, 6.07) is 8.06. The molecule has 0 aliphatic carbocycles. The Balaban J connectivity index is 1.57. The topological polar surface area (TPSA) is 48.1 Å². The molecule has 6 heteroatoms. The quantitative estimate of drug-likeness (QED) is 0.790. The minimum absolute atomic E-state index is 0.739. The van der Waals surface area contributed by atoms with Crippen molar-refractivity contribution in [3.05, 3.63) is 47.9 Å². The maximum absolute atomic E-state index is 6.23. The summed E-state index contributed by atoms with van der Waals surface area (Å²) in [6.07, 6.45) is 5.55. The zero-order valence-corrected chi connectivity index (χ0v) is 12.8. The van der Waals surface area contributed by atoms with Gasteiger partial charge in [0.2, 0.25) is 0 Å². The van der Waals surface area contributed by atoms with E-state index in [0.717, 1.165) is 47.8 Å². The van der Waals surface area contributed by atoms with E-state index in [0.29, 0.717) is 0 Å². The van der Waals surface area contributed by atoms with Gasteiger partial charge in [0.15, 0.2) is 0 Å². The highest BCUT2D eigenvalue weighted by molar-refractivity contribution is 6.31. The minimum Gasteiger partial charge on any atom is -0.368 e. The van der Waals surface area contributed by atoms with Gasteiger partial charge in [0.1, 0.15) is 0 Å². The molecule has 0 unspecified atom stereocenters. The summed E-state index contributed by atoms with van der Waals surface area (Å²) in [5, 5.41) is 8.99. The van der Waals surface area contributed by atoms with E-state index in [-0.39, 0.29) is 0 Å². The normalized spacial score (nSPS) is 15.5. The van der Waals surface area contributed by atoms with Gasteiger partial charge in [-0.1, -0.05) is 11.6 Å². The molecule has 0 atom stereocenters. The number of nitrogens with zero attached hydrogens (tertiary/aromatic N) is 4. The predicted molar refractivity (Wildman–Crippen MR) is 89.8 cm³/mol. The summed E-state index contributed by atoms with van der Waals surface area (Å²) in [5.41, 5.74) is 3.37. The van der Waals surface area contributed by atoms with Crippen LogP contribution in [0.2, 0.25) is 5.02 Å². The van der Waals surface area contributed by atoms with Crippen LogP contribution in [0, 0.1) is 0 Å². The van der Waals surface area contributed by atoms with E-state index in [1.807, 2.05) is 30.7 Å². The van der Waals surface area contributed by atoms with E-state index in [2.05, 4.69) is 37.1 Å². The number of hydrogen-bond donors (Lipinski definition) is 1. The molecule has 22 heavy (non-hydrogen) atoms. The SMILES string of the molecule is Clc1cc(N2CCN(c3ccncc3)CC2)c2cn[nH]c2c1. The van der Waals surface area contributed by atoms with Crippen molar-refractivity contribution in [3.63, 3.8) is 0 Å². The van der Waals surface area contributed by atoms with Crippen LogP contribution in [0.5, 0.6) is 0 Å². The summed E-state index contributed by atoms with van der Waals surface area (Å²) in [4.78, 5) is 8.84. The largest absolute Gasteiger partial charge is 0.368 e. The highest BCUT2D eigenvalue weighted by Crippen LogP contribution is 2.30. The molecule has 4 rings (SSSR count). The van der Waals surface area contributed by atoms with Crippen LogP contribution < -0.4 is 9.80 Å². The molecule has 0 radical (unpaired) electrons. The number of aromatic nitrogens is 3. The van der Waals surface area contributed by atoms with Gasteiger partial charge in [-0.2, -0.15) is 5.10 Å². The van der Waals surface area contributed by atoms with Crippen LogP contribution in [0.25, 0.3) is 10.9 Å². The Bertz CT molecular complexity index is 778. The van der Waals surface area contributed by atoms with Crippen molar-refractivity contribution in [2.24, 2.45) is 0 Å². The fourth-order valence-corrected chi connectivity index (χ4v) is 3.23. The van der Waals surface area contributed by atoms with Gasteiger partial charge < -0.3 is 9.80 Å². The number of H-pyrrole nitrogens is 1. The van der Waals surface area contributed by atoms with Crippen molar-refractivity contribution in [2.75, 3.05) is 36.0 Å². The van der Waals surface area contributed by atoms with Crippen molar-refractivity contribution >= 4 is 33.9 Å². The van der Waals surface area contributed by atoms with Gasteiger partial charge in [0.05, 0.1) is 11.7 Å². The first-order chi connectivity index (χ1) is 10.8. The number of benzene rings is 1. The lowest BCUT2D eigenvalue weighted by Gasteiger charge is -2.37. The molecule has 3 heterocycles. The Morgan fingerprint density at radius 2 is 1.73 bits per heavy atom. The van der Waals surface area contributed by atoms with E-state index in [1.165, 1.54) is 5.69 Å². The monoisotopic (exact) mass is 313 g/mol. The van der Waals surface area contributed by atoms with Crippen molar-refractivity contribution in [1.29, 1.82) is 0 Å². The summed E-state index contributed by atoms with van der Waals surface area (Å²) in [7, 11) is 0. The van der Waals surface area contributed by atoms with Crippen molar-refractivity contribution in [3.8, 4) is 0 Å². The lowest BCUT2D eigenvalue weighted by atomic mass is 10.1. The molecular weight excluding hydrogens is 298 g/mol. The Labute approximate surface area is 133 Å². The second kappa shape index (κ2) is 5.50. The zero-order chi connectivity index (χ0) is 14.9. The van der Waals surface area contributed by atoms with Gasteiger partial charge in [0, 0.05) is 60.4 Å². The molecule has 0 bridgehead atoms. The van der Waals surface area contributed by atoms with Crippen LogP contribution >= 0.6 is 11.6 Å². The molecule has 1 aromatic carbocycles. The number of halogens is 1. The van der Waals surface area contributed by atoms with Crippen LogP contribution in [0.1, 0.15) is 0 Å². The number of rotatable bonds is 2. The molecule has 1 fully saturated rings. The van der Waals surface area contributed by atoms with Crippen LogP contribution in [0.3, 0.4) is 0 Å². The average Bonchev–Trinajstić information content (AvgIpc) is 3.03. The van der Waals surface area contributed by atoms with Crippen LogP contribution in [0.15, 0.2) is 42.9 Å². The first-order valence-corrected chi connectivity index (χ1v) is 7.71. The van der Waals surface area contributed by atoms with E-state index < -0.39 is 0 Å². The molecule has 1 aliphatic heterocycles. The standard InChI is InChI=1S/C16H16ClN5/c17-12-9-15-14(11-19-20-15)16(10-12)22-7-5-21(6-8-22)13-1-3-18-4-2-13/h1-4,9-11H,5-8H2,(H,19,20). The van der Waals surface area contributed by atoms with E-state index >= 15 is 0 Å². The summed E-state index contributed by atoms with van der Waals surface area (Å²) in [6.45, 7) is 3.89. The third-order valence-corrected chi connectivity index (χ3v) is 4.37. The molecule has 0 spiro atoms. The summed E-state index contributed by atoms with van der Waals surface area (Å²) in [5.74, 6) is 0. The molecule has 1 saturated heterocycles. The van der Waals surface area contributed by atoms with Gasteiger partial charge in [-0.25, -0.2) is 0 Å². The van der Waals surface area contributed by atoms with E-state index in [9.17, 15) is 0 Å². The first kappa shape index (κ1) is 13.4. The molecular formula is C16H16ClN5. The number of piperazine rings is 1. The smallest absolute Gasteiger partial charge is 0.0686 e. The Morgan fingerprint density at radius 3 is 2.50 bits per heavy atom. The lowest BCUT2D eigenvalue weighted by Crippen LogP contribution is -2.46. The molecule has 2 aromatic heterocycles. The number of aromatic amines is 1. The maximum Gasteiger partial charge on any atom is 0.0686 e. The van der Waals surface area contributed by atoms with E-state index in [1.54, 1.807) is 0 Å². The van der Waals surface area contributed by atoms with Crippen molar-refractivity contribution < 1.29 is 0 Å². The Morgan fingerprint density at radius 1 is 1.00 bits per heavy atom. The van der Waals surface area contributed by atoms with Crippen LogP contribution in [-0.2, 0) is 0 Å². The lowest BCUT2D eigenvalue weighted by molar-refractivity contribution is 0.655. The third-order valence-electron chi connectivity index (χ3n) is 4.15. The number of nitrogens with one attached hydrogen (secondary N) is 1. The third kappa shape index (κ3) is 2.37. The van der Waals surface area contributed by atoms with Gasteiger partial charge in [-0.05, 0) is 24.3 Å². The number of fused-ring (bicyclic) bond motifs is 1. The van der Waals surface area contributed by atoms with Gasteiger partial charge in [0.25, 0.3) is 0 Å². The molecule has 5 nitrogen and oxygen atoms in total. The molecule has 112 valence electrons. The summed E-state index contributed by atoms with van der Waals surface area (Å²) >= 11 is 6.23. The Hall–Kier alpha value is -2.27. The zero-order valence-electron chi connectivity index (χ0n) is 12.0. The average molecular weight is 314 g/mol. The second-order valence-electron chi connectivity index (χ2n) is 5.44. The van der Waals surface area contributed by atoms with Gasteiger partial charge >= 0.3 is 0 Å². The Kier molecular flexibility index (Phi) is 3.35. The van der Waals surface area contributed by atoms with E-state index in [4.69, 9.17) is 11.6 Å². The molecule has 0 amide bonds. The first-order valence-electron chi connectivity index (χ1n) is 7.34. The van der Waals surface area contributed by atoms with Gasteiger partial charge in [-0.3, -0.25) is 10.1 Å². The fraction of sp³-hybridized carbons (Fsp3) is 0.250. The maximum atomic E-state index is 6.23. The number of anilines is 2. The van der Waals surface area contributed by atoms with Crippen molar-refractivity contribution in [1.82, 2.24) is 15.2 Å². The van der Waals surface area contributed by atoms with Gasteiger partial charge in [-0.15, -0.1) is 0 Å². The predicted octanol–water partition coefficient (Wildman–Crippen LogP) is 2.94.